The van der Waals surface area contributed by atoms with Gasteiger partial charge in [-0.1, -0.05) is 11.6 Å². The number of H-pyrrole nitrogens is 1. The summed E-state index contributed by atoms with van der Waals surface area (Å²) < 4.78 is 0. The maximum atomic E-state index is 10.1. The van der Waals surface area contributed by atoms with E-state index in [2.05, 4.69) is 20.3 Å². The van der Waals surface area contributed by atoms with Gasteiger partial charge in [0.25, 0.3) is 0 Å². The van der Waals surface area contributed by atoms with Crippen LogP contribution in [-0.4, -0.2) is 15.2 Å². The molecule has 0 amide bonds. The van der Waals surface area contributed by atoms with E-state index >= 15 is 0 Å². The molecule has 3 N–H and O–H groups in total. The van der Waals surface area contributed by atoms with Crippen LogP contribution in [0.1, 0.15) is 0 Å². The Morgan fingerprint density at radius 3 is 2.77 bits per heavy atom. The molecule has 0 spiro atoms. The zero-order valence-electron chi connectivity index (χ0n) is 11.1. The molecule has 0 unspecified atom stereocenters. The summed E-state index contributed by atoms with van der Waals surface area (Å²) in [5, 5.41) is 16.5. The van der Waals surface area contributed by atoms with Gasteiger partial charge in [-0.3, -0.25) is 0 Å². The van der Waals surface area contributed by atoms with Crippen LogP contribution in [0.25, 0.3) is 10.9 Å². The van der Waals surface area contributed by atoms with Crippen LogP contribution in [-0.2, 0) is 0 Å². The maximum Gasteiger partial charge on any atom is 0.220 e. The Morgan fingerprint density at radius 1 is 1.09 bits per heavy atom. The number of nitrogens with zero attached hydrogens (tertiary/aromatic N) is 2. The lowest BCUT2D eigenvalue weighted by atomic mass is 10.2. The van der Waals surface area contributed by atoms with Gasteiger partial charge in [-0.2, -0.15) is 0 Å². The molecule has 4 rings (SSSR count). The molecule has 2 aromatic carbocycles. The van der Waals surface area contributed by atoms with Gasteiger partial charge in [0.15, 0.2) is 0 Å². The smallest absolute Gasteiger partial charge is 0.220 e. The van der Waals surface area contributed by atoms with Crippen LogP contribution in [0.2, 0.25) is 5.02 Å². The second-order valence-corrected chi connectivity index (χ2v) is 5.67. The van der Waals surface area contributed by atoms with Gasteiger partial charge in [-0.25, -0.2) is 9.98 Å². The molecule has 1 aliphatic heterocycles. The Hall–Kier alpha value is -2.44. The number of aromatic nitrogens is 1. The van der Waals surface area contributed by atoms with Crippen LogP contribution in [0.15, 0.2) is 46.4 Å². The lowest BCUT2D eigenvalue weighted by Crippen LogP contribution is -2.21. The molecule has 0 bridgehead atoms. The third-order valence-corrected chi connectivity index (χ3v) is 3.84. The van der Waals surface area contributed by atoms with Crippen molar-refractivity contribution in [1.82, 2.24) is 4.98 Å². The number of anilines is 2. The first kappa shape index (κ1) is 13.2. The molecular weight excluding hydrogens is 320 g/mol. The molecule has 0 fully saturated rings. The second kappa shape index (κ2) is 4.79. The fraction of sp³-hybridized carbons (Fsp3) is 0. The van der Waals surface area contributed by atoms with E-state index in [4.69, 9.17) is 23.8 Å². The molecule has 2 heterocycles. The van der Waals surface area contributed by atoms with Crippen molar-refractivity contribution in [3.8, 4) is 5.88 Å². The first-order valence-corrected chi connectivity index (χ1v) is 7.27. The van der Waals surface area contributed by atoms with Gasteiger partial charge in [0.2, 0.25) is 11.0 Å². The maximum absolute atomic E-state index is 10.1. The standard InChI is InChI=1S/C15H9ClN4OS/c16-7-1-3-10-9(5-7)13(14(21)18-10)17-8-2-4-11-12(6-8)20-15(22)19-11/h1-6,17-18,21H. The third kappa shape index (κ3) is 2.13. The minimum Gasteiger partial charge on any atom is -0.493 e. The van der Waals surface area contributed by atoms with Crippen molar-refractivity contribution < 1.29 is 5.11 Å². The first-order chi connectivity index (χ1) is 10.6. The molecule has 0 saturated carbocycles. The van der Waals surface area contributed by atoms with Crippen molar-refractivity contribution >= 4 is 51.2 Å². The summed E-state index contributed by atoms with van der Waals surface area (Å²) in [6, 6.07) is 10.9. The number of hydrogen-bond acceptors (Lipinski definition) is 3. The van der Waals surface area contributed by atoms with E-state index in [0.29, 0.717) is 21.2 Å². The Bertz CT molecular complexity index is 1060. The second-order valence-electron chi connectivity index (χ2n) is 4.87. The number of aromatic amines is 1. The van der Waals surface area contributed by atoms with Gasteiger partial charge in [0.05, 0.1) is 16.2 Å². The minimum absolute atomic E-state index is 0.0508. The summed E-state index contributed by atoms with van der Waals surface area (Å²) in [4.78, 5) is 11.2. The van der Waals surface area contributed by atoms with Crippen molar-refractivity contribution in [1.29, 1.82) is 0 Å². The largest absolute Gasteiger partial charge is 0.493 e. The Balaban J connectivity index is 1.82. The molecule has 3 aromatic rings. The molecule has 5 nitrogen and oxygen atoms in total. The molecule has 0 aliphatic carbocycles. The number of nitrogens with one attached hydrogen (secondary N) is 2. The van der Waals surface area contributed by atoms with Crippen LogP contribution < -0.4 is 16.0 Å². The zero-order chi connectivity index (χ0) is 15.3. The van der Waals surface area contributed by atoms with Crippen molar-refractivity contribution in [3.63, 3.8) is 0 Å². The normalized spacial score (nSPS) is 12.9. The number of halogens is 1. The van der Waals surface area contributed by atoms with Gasteiger partial charge in [0.1, 0.15) is 5.69 Å². The molecule has 108 valence electrons. The van der Waals surface area contributed by atoms with Gasteiger partial charge in [-0.05, 0) is 48.6 Å². The van der Waals surface area contributed by atoms with Crippen molar-refractivity contribution in [3.05, 3.63) is 52.1 Å². The molecule has 22 heavy (non-hydrogen) atoms. The van der Waals surface area contributed by atoms with E-state index in [0.717, 1.165) is 21.9 Å². The van der Waals surface area contributed by atoms with Crippen LogP contribution in [0.5, 0.6) is 5.88 Å². The van der Waals surface area contributed by atoms with Gasteiger partial charge in [-0.15, -0.1) is 0 Å². The topological polar surface area (TPSA) is 72.8 Å². The van der Waals surface area contributed by atoms with Gasteiger partial charge in [0, 0.05) is 16.1 Å². The van der Waals surface area contributed by atoms with Crippen LogP contribution in [0.4, 0.5) is 11.4 Å². The highest BCUT2D eigenvalue weighted by molar-refractivity contribution is 7.80. The fourth-order valence-corrected chi connectivity index (χ4v) is 2.81. The zero-order valence-corrected chi connectivity index (χ0v) is 12.7. The van der Waals surface area contributed by atoms with Crippen LogP contribution in [0.3, 0.4) is 0 Å². The number of hydrogen-bond donors (Lipinski definition) is 3. The van der Waals surface area contributed by atoms with Crippen molar-refractivity contribution in [2.45, 2.75) is 0 Å². The van der Waals surface area contributed by atoms with Crippen molar-refractivity contribution in [2.75, 3.05) is 5.32 Å². The van der Waals surface area contributed by atoms with E-state index in [1.165, 1.54) is 0 Å². The highest BCUT2D eigenvalue weighted by Crippen LogP contribution is 2.35. The summed E-state index contributed by atoms with van der Waals surface area (Å²) in [5.41, 5.74) is 2.14. The molecular formula is C15H9ClN4OS. The number of rotatable bonds is 2. The SMILES string of the molecule is Oc1[nH]c2ccc(Cl)cc2c1Nc1ccc2c(c1)=NC(=S)N=2. The lowest BCUT2D eigenvalue weighted by Gasteiger charge is -2.05. The van der Waals surface area contributed by atoms with Gasteiger partial charge >= 0.3 is 0 Å². The lowest BCUT2D eigenvalue weighted by molar-refractivity contribution is 0.461. The number of thiocarbonyl (C=S) groups is 1. The van der Waals surface area contributed by atoms with E-state index in [1.54, 1.807) is 12.1 Å². The average molecular weight is 329 g/mol. The quantitative estimate of drug-likeness (QED) is 0.633. The van der Waals surface area contributed by atoms with E-state index in [-0.39, 0.29) is 5.88 Å². The Kier molecular flexibility index (Phi) is 2.88. The van der Waals surface area contributed by atoms with E-state index in [9.17, 15) is 5.11 Å². The average Bonchev–Trinajstić information content (AvgIpc) is 2.99. The summed E-state index contributed by atoms with van der Waals surface area (Å²) >= 11 is 11.0. The third-order valence-electron chi connectivity index (χ3n) is 3.42. The molecule has 1 aliphatic rings. The van der Waals surface area contributed by atoms with Crippen LogP contribution in [0, 0.1) is 0 Å². The summed E-state index contributed by atoms with van der Waals surface area (Å²) in [6.45, 7) is 0. The molecule has 1 aromatic heterocycles. The van der Waals surface area contributed by atoms with E-state index < -0.39 is 0 Å². The summed E-state index contributed by atoms with van der Waals surface area (Å²) in [5.74, 6) is 0.0508. The number of benzene rings is 2. The van der Waals surface area contributed by atoms with Gasteiger partial charge < -0.3 is 15.4 Å². The van der Waals surface area contributed by atoms with Crippen LogP contribution >= 0.6 is 23.8 Å². The molecule has 0 atom stereocenters. The monoisotopic (exact) mass is 328 g/mol. The number of aromatic hydroxyl groups is 1. The Morgan fingerprint density at radius 2 is 1.91 bits per heavy atom. The summed E-state index contributed by atoms with van der Waals surface area (Å²) in [6.07, 6.45) is 0. The van der Waals surface area contributed by atoms with Crippen molar-refractivity contribution in [2.24, 2.45) is 9.98 Å². The first-order valence-electron chi connectivity index (χ1n) is 6.49. The predicted molar refractivity (Wildman–Crippen MR) is 89.6 cm³/mol. The Labute approximate surface area is 135 Å². The predicted octanol–water partition coefficient (Wildman–Crippen LogP) is 2.81. The highest BCUT2D eigenvalue weighted by Gasteiger charge is 2.12. The molecule has 0 radical (unpaired) electrons. The minimum atomic E-state index is 0.0508. The van der Waals surface area contributed by atoms with E-state index in [1.807, 2.05) is 24.3 Å². The molecule has 7 heteroatoms. The summed E-state index contributed by atoms with van der Waals surface area (Å²) in [7, 11) is 0. The molecule has 0 saturated heterocycles. The number of fused-ring (bicyclic) bond motifs is 2. The fourth-order valence-electron chi connectivity index (χ4n) is 2.44. The highest BCUT2D eigenvalue weighted by atomic mass is 35.5.